The molecule has 1 aromatic carbocycles. The van der Waals surface area contributed by atoms with Gasteiger partial charge in [0.05, 0.1) is 13.2 Å². The van der Waals surface area contributed by atoms with Crippen LogP contribution < -0.4 is 4.74 Å². The number of nitrogens with zero attached hydrogens (tertiary/aromatic N) is 2. The first kappa shape index (κ1) is 17.5. The van der Waals surface area contributed by atoms with E-state index in [9.17, 15) is 4.79 Å². The molecule has 3 aromatic rings. The lowest BCUT2D eigenvalue weighted by atomic mass is 10.2. The third-order valence-electron chi connectivity index (χ3n) is 3.81. The summed E-state index contributed by atoms with van der Waals surface area (Å²) in [4.78, 5) is 15.5. The third kappa shape index (κ3) is 4.22. The van der Waals surface area contributed by atoms with Crippen molar-refractivity contribution < 1.29 is 19.4 Å². The number of carbonyl (C=O) groups is 1. The summed E-state index contributed by atoms with van der Waals surface area (Å²) in [6.07, 6.45) is 5.27. The van der Waals surface area contributed by atoms with Gasteiger partial charge in [0.25, 0.3) is 0 Å². The molecular formula is C20H20N2O4. The van der Waals surface area contributed by atoms with E-state index in [1.807, 2.05) is 41.1 Å². The molecule has 6 heteroatoms. The molecule has 26 heavy (non-hydrogen) atoms. The van der Waals surface area contributed by atoms with E-state index < -0.39 is 5.97 Å². The number of carboxylic acid groups (broad SMARTS) is 1. The number of carboxylic acids is 1. The van der Waals surface area contributed by atoms with Crippen molar-refractivity contribution in [2.24, 2.45) is 0 Å². The van der Waals surface area contributed by atoms with E-state index in [1.165, 1.54) is 6.08 Å². The number of pyridine rings is 1. The topological polar surface area (TPSA) is 73.6 Å². The van der Waals surface area contributed by atoms with Crippen LogP contribution in [-0.2, 0) is 16.1 Å². The quantitative estimate of drug-likeness (QED) is 0.495. The summed E-state index contributed by atoms with van der Waals surface area (Å²) >= 11 is 0. The molecule has 1 N–H and O–H groups in total. The van der Waals surface area contributed by atoms with Gasteiger partial charge in [0.1, 0.15) is 18.0 Å². The molecule has 0 aliphatic rings. The number of fused-ring (bicyclic) bond motifs is 1. The molecule has 0 aliphatic carbocycles. The molecule has 0 unspecified atom stereocenters. The van der Waals surface area contributed by atoms with Gasteiger partial charge in [0.2, 0.25) is 5.76 Å². The maximum Gasteiger partial charge on any atom is 0.371 e. The molecule has 0 amide bonds. The van der Waals surface area contributed by atoms with Gasteiger partial charge in [0, 0.05) is 17.8 Å². The number of aromatic nitrogens is 2. The van der Waals surface area contributed by atoms with E-state index >= 15 is 0 Å². The molecule has 6 nitrogen and oxygen atoms in total. The molecular weight excluding hydrogens is 332 g/mol. The molecule has 0 fully saturated rings. The van der Waals surface area contributed by atoms with E-state index in [1.54, 1.807) is 25.3 Å². The van der Waals surface area contributed by atoms with Crippen molar-refractivity contribution in [3.8, 4) is 5.75 Å². The summed E-state index contributed by atoms with van der Waals surface area (Å²) in [7, 11) is 0. The van der Waals surface area contributed by atoms with Crippen LogP contribution in [0.4, 0.5) is 0 Å². The Labute approximate surface area is 151 Å². The summed E-state index contributed by atoms with van der Waals surface area (Å²) in [6, 6.07) is 13.2. The van der Waals surface area contributed by atoms with Crippen LogP contribution in [0.3, 0.4) is 0 Å². The first-order valence-corrected chi connectivity index (χ1v) is 8.38. The van der Waals surface area contributed by atoms with Gasteiger partial charge < -0.3 is 19.1 Å². The zero-order valence-electron chi connectivity index (χ0n) is 14.5. The molecule has 3 rings (SSSR count). The minimum absolute atomic E-state index is 0.0758. The van der Waals surface area contributed by atoms with Crippen molar-refractivity contribution in [2.45, 2.75) is 13.5 Å². The van der Waals surface area contributed by atoms with Gasteiger partial charge in [-0.15, -0.1) is 0 Å². The molecule has 0 spiro atoms. The molecule has 134 valence electrons. The highest BCUT2D eigenvalue weighted by molar-refractivity contribution is 5.89. The van der Waals surface area contributed by atoms with Crippen molar-refractivity contribution in [3.63, 3.8) is 0 Å². The Hall–Kier alpha value is -3.28. The fourth-order valence-electron chi connectivity index (χ4n) is 2.59. The van der Waals surface area contributed by atoms with Crippen molar-refractivity contribution in [2.75, 3.05) is 13.2 Å². The Morgan fingerprint density at radius 1 is 1.23 bits per heavy atom. The standard InChI is InChI=1S/C20H20N2O4/c1-2-25-18(20(23)24)14-15-5-7-17(8-6-15)26-13-12-22-11-9-16-4-3-10-21-19(16)22/h3-11,14H,2,12-13H2,1H3,(H,23,24)/b18-14-. The Bertz CT molecular complexity index is 913. The number of hydrogen-bond acceptors (Lipinski definition) is 4. The van der Waals surface area contributed by atoms with Crippen LogP contribution in [0.25, 0.3) is 17.1 Å². The van der Waals surface area contributed by atoms with Crippen LogP contribution in [0, 0.1) is 0 Å². The van der Waals surface area contributed by atoms with Gasteiger partial charge in [-0.25, -0.2) is 9.78 Å². The van der Waals surface area contributed by atoms with Crippen LogP contribution in [-0.4, -0.2) is 33.8 Å². The SMILES string of the molecule is CCO/C(=C\c1ccc(OCCn2ccc3cccnc32)cc1)C(=O)O. The second kappa shape index (κ2) is 8.20. The maximum atomic E-state index is 11.1. The molecule has 2 aromatic heterocycles. The summed E-state index contributed by atoms with van der Waals surface area (Å²) in [6.45, 7) is 3.25. The average molecular weight is 352 g/mol. The smallest absolute Gasteiger partial charge is 0.371 e. The predicted octanol–water partition coefficient (Wildman–Crippen LogP) is 3.58. The predicted molar refractivity (Wildman–Crippen MR) is 98.9 cm³/mol. The summed E-state index contributed by atoms with van der Waals surface area (Å²) in [5, 5.41) is 10.2. The molecule has 0 saturated carbocycles. The van der Waals surface area contributed by atoms with Crippen molar-refractivity contribution >= 4 is 23.1 Å². The molecule has 0 saturated heterocycles. The van der Waals surface area contributed by atoms with E-state index in [0.29, 0.717) is 19.8 Å². The van der Waals surface area contributed by atoms with Crippen molar-refractivity contribution in [1.29, 1.82) is 0 Å². The first-order chi connectivity index (χ1) is 12.7. The first-order valence-electron chi connectivity index (χ1n) is 8.38. The second-order valence-electron chi connectivity index (χ2n) is 5.59. The molecule has 0 radical (unpaired) electrons. The highest BCUT2D eigenvalue weighted by Gasteiger charge is 2.08. The lowest BCUT2D eigenvalue weighted by molar-refractivity contribution is -0.136. The van der Waals surface area contributed by atoms with E-state index in [4.69, 9.17) is 14.6 Å². The van der Waals surface area contributed by atoms with Crippen LogP contribution >= 0.6 is 0 Å². The average Bonchev–Trinajstić information content (AvgIpc) is 3.06. The monoisotopic (exact) mass is 352 g/mol. The van der Waals surface area contributed by atoms with Crippen LogP contribution in [0.15, 0.2) is 60.6 Å². The second-order valence-corrected chi connectivity index (χ2v) is 5.59. The Kier molecular flexibility index (Phi) is 5.53. The number of rotatable bonds is 8. The minimum atomic E-state index is -1.08. The normalized spacial score (nSPS) is 11.5. The van der Waals surface area contributed by atoms with Crippen LogP contribution in [0.2, 0.25) is 0 Å². The highest BCUT2D eigenvalue weighted by Crippen LogP contribution is 2.16. The van der Waals surface area contributed by atoms with Crippen LogP contribution in [0.5, 0.6) is 5.75 Å². The molecule has 0 aliphatic heterocycles. The summed E-state index contributed by atoms with van der Waals surface area (Å²) < 4.78 is 12.9. The lowest BCUT2D eigenvalue weighted by Crippen LogP contribution is -2.07. The summed E-state index contributed by atoms with van der Waals surface area (Å²) in [5.41, 5.74) is 1.68. The fourth-order valence-corrected chi connectivity index (χ4v) is 2.59. The largest absolute Gasteiger partial charge is 0.492 e. The van der Waals surface area contributed by atoms with Crippen LogP contribution in [0.1, 0.15) is 12.5 Å². The highest BCUT2D eigenvalue weighted by atomic mass is 16.5. The number of hydrogen-bond donors (Lipinski definition) is 1. The van der Waals surface area contributed by atoms with Gasteiger partial charge in [-0.1, -0.05) is 12.1 Å². The fraction of sp³-hybridized carbons (Fsp3) is 0.200. The van der Waals surface area contributed by atoms with E-state index in [2.05, 4.69) is 4.98 Å². The third-order valence-corrected chi connectivity index (χ3v) is 3.81. The van der Waals surface area contributed by atoms with Gasteiger partial charge in [-0.3, -0.25) is 0 Å². The maximum absolute atomic E-state index is 11.1. The van der Waals surface area contributed by atoms with Crippen molar-refractivity contribution in [1.82, 2.24) is 9.55 Å². The van der Waals surface area contributed by atoms with Gasteiger partial charge >= 0.3 is 5.97 Å². The summed E-state index contributed by atoms with van der Waals surface area (Å²) in [5.74, 6) is -0.437. The van der Waals surface area contributed by atoms with Crippen molar-refractivity contribution in [3.05, 3.63) is 66.2 Å². The van der Waals surface area contributed by atoms with E-state index in [0.717, 1.165) is 22.3 Å². The van der Waals surface area contributed by atoms with Gasteiger partial charge in [0.15, 0.2) is 0 Å². The lowest BCUT2D eigenvalue weighted by Gasteiger charge is -2.08. The Balaban J connectivity index is 1.59. The Morgan fingerprint density at radius 3 is 2.77 bits per heavy atom. The zero-order valence-corrected chi connectivity index (χ0v) is 14.5. The number of benzene rings is 1. The minimum Gasteiger partial charge on any atom is -0.492 e. The molecule has 0 atom stereocenters. The van der Waals surface area contributed by atoms with E-state index in [-0.39, 0.29) is 5.76 Å². The number of aliphatic carboxylic acids is 1. The Morgan fingerprint density at radius 2 is 2.04 bits per heavy atom. The number of ether oxygens (including phenoxy) is 2. The van der Waals surface area contributed by atoms with Gasteiger partial charge in [-0.05, 0) is 48.9 Å². The molecule has 2 heterocycles. The van der Waals surface area contributed by atoms with Gasteiger partial charge in [-0.2, -0.15) is 0 Å². The zero-order chi connectivity index (χ0) is 18.4. The molecule has 0 bridgehead atoms.